The van der Waals surface area contributed by atoms with Crippen molar-refractivity contribution < 1.29 is 14.6 Å². The zero-order valence-electron chi connectivity index (χ0n) is 12.8. The summed E-state index contributed by atoms with van der Waals surface area (Å²) in [7, 11) is 0. The molecule has 0 aromatic heterocycles. The lowest BCUT2D eigenvalue weighted by Gasteiger charge is -2.34. The van der Waals surface area contributed by atoms with Gasteiger partial charge in [-0.2, -0.15) is 0 Å². The Morgan fingerprint density at radius 2 is 2.27 bits per heavy atom. The summed E-state index contributed by atoms with van der Waals surface area (Å²) < 4.78 is 5.28. The number of likely N-dealkylation sites (tertiary alicyclic amines) is 1. The molecule has 1 aliphatic heterocycles. The summed E-state index contributed by atoms with van der Waals surface area (Å²) in [4.78, 5) is 14.0. The number of urea groups is 1. The van der Waals surface area contributed by atoms with Gasteiger partial charge < -0.3 is 20.1 Å². The molecular formula is C17H22N2O3. The van der Waals surface area contributed by atoms with Crippen LogP contribution in [0.3, 0.4) is 0 Å². The van der Waals surface area contributed by atoms with Gasteiger partial charge in [-0.3, -0.25) is 0 Å². The molecule has 2 unspecified atom stereocenters. The van der Waals surface area contributed by atoms with Crippen LogP contribution in [0.1, 0.15) is 19.8 Å². The van der Waals surface area contributed by atoms with Gasteiger partial charge in [0.05, 0.1) is 6.10 Å². The summed E-state index contributed by atoms with van der Waals surface area (Å²) in [5.74, 6) is 3.22. The molecule has 1 heterocycles. The minimum atomic E-state index is -0.386. The van der Waals surface area contributed by atoms with E-state index in [1.165, 1.54) is 0 Å². The lowest BCUT2D eigenvalue weighted by atomic mass is 9.94. The number of terminal acetylenes is 1. The van der Waals surface area contributed by atoms with Gasteiger partial charge in [0.15, 0.2) is 0 Å². The van der Waals surface area contributed by atoms with Crippen molar-refractivity contribution in [2.24, 2.45) is 5.92 Å². The number of aliphatic hydroxyl groups is 1. The third-order valence-electron chi connectivity index (χ3n) is 3.86. The highest BCUT2D eigenvalue weighted by Crippen LogP contribution is 2.21. The van der Waals surface area contributed by atoms with Crippen LogP contribution in [0.15, 0.2) is 24.3 Å². The first-order valence-corrected chi connectivity index (χ1v) is 7.50. The first-order chi connectivity index (χ1) is 10.6. The molecule has 1 aliphatic rings. The van der Waals surface area contributed by atoms with Crippen molar-refractivity contribution in [3.63, 3.8) is 0 Å². The van der Waals surface area contributed by atoms with Crippen molar-refractivity contribution in [1.82, 2.24) is 4.90 Å². The summed E-state index contributed by atoms with van der Waals surface area (Å²) in [6.07, 6.45) is 6.63. The number of carbonyl (C=O) groups is 1. The highest BCUT2D eigenvalue weighted by atomic mass is 16.5. The molecule has 1 aromatic rings. The van der Waals surface area contributed by atoms with Gasteiger partial charge in [0, 0.05) is 24.7 Å². The molecule has 0 bridgehead atoms. The Bertz CT molecular complexity index is 534. The van der Waals surface area contributed by atoms with Crippen molar-refractivity contribution in [3.8, 4) is 18.1 Å². The van der Waals surface area contributed by atoms with E-state index in [-0.39, 0.29) is 24.7 Å². The van der Waals surface area contributed by atoms with Crippen LogP contribution >= 0.6 is 0 Å². The second kappa shape index (κ2) is 7.71. The number of rotatable bonds is 4. The lowest BCUT2D eigenvalue weighted by Crippen LogP contribution is -2.44. The monoisotopic (exact) mass is 302 g/mol. The summed E-state index contributed by atoms with van der Waals surface area (Å²) >= 11 is 0. The second-order valence-electron chi connectivity index (χ2n) is 5.54. The molecule has 1 saturated heterocycles. The van der Waals surface area contributed by atoms with Crippen LogP contribution in [0.4, 0.5) is 10.5 Å². The maximum atomic E-state index is 12.3. The number of anilines is 1. The van der Waals surface area contributed by atoms with E-state index >= 15 is 0 Å². The van der Waals surface area contributed by atoms with Crippen molar-refractivity contribution in [2.45, 2.75) is 25.9 Å². The number of hydrogen-bond acceptors (Lipinski definition) is 3. The minimum absolute atomic E-state index is 0.136. The second-order valence-corrected chi connectivity index (χ2v) is 5.54. The van der Waals surface area contributed by atoms with Gasteiger partial charge in [0.2, 0.25) is 0 Å². The normalized spacial score (nSPS) is 19.1. The molecule has 1 fully saturated rings. The Labute approximate surface area is 131 Å². The number of carbonyl (C=O) groups excluding carboxylic acids is 1. The Hall–Kier alpha value is -2.19. The molecule has 22 heavy (non-hydrogen) atoms. The lowest BCUT2D eigenvalue weighted by molar-refractivity contribution is 0.0766. The van der Waals surface area contributed by atoms with Gasteiger partial charge in [-0.1, -0.05) is 5.92 Å². The average Bonchev–Trinajstić information content (AvgIpc) is 2.54. The van der Waals surface area contributed by atoms with Crippen LogP contribution in [0, 0.1) is 18.3 Å². The van der Waals surface area contributed by atoms with Gasteiger partial charge in [-0.25, -0.2) is 4.79 Å². The molecule has 2 amide bonds. The van der Waals surface area contributed by atoms with E-state index in [2.05, 4.69) is 11.2 Å². The summed E-state index contributed by atoms with van der Waals surface area (Å²) in [5, 5.41) is 12.5. The van der Waals surface area contributed by atoms with Crippen LogP contribution in [0.2, 0.25) is 0 Å². The van der Waals surface area contributed by atoms with E-state index in [9.17, 15) is 9.90 Å². The van der Waals surface area contributed by atoms with Crippen molar-refractivity contribution >= 4 is 11.7 Å². The number of nitrogens with zero attached hydrogens (tertiary/aromatic N) is 1. The summed E-state index contributed by atoms with van der Waals surface area (Å²) in [6.45, 7) is 3.31. The topological polar surface area (TPSA) is 61.8 Å². The highest BCUT2D eigenvalue weighted by molar-refractivity contribution is 5.89. The maximum absolute atomic E-state index is 12.3. The zero-order valence-corrected chi connectivity index (χ0v) is 12.8. The molecule has 5 nitrogen and oxygen atoms in total. The first-order valence-electron chi connectivity index (χ1n) is 7.50. The van der Waals surface area contributed by atoms with Crippen molar-refractivity contribution in [1.29, 1.82) is 0 Å². The summed E-state index contributed by atoms with van der Waals surface area (Å²) in [6, 6.07) is 6.95. The predicted octanol–water partition coefficient (Wildman–Crippen LogP) is 2.32. The molecule has 2 N–H and O–H groups in total. The fourth-order valence-electron chi connectivity index (χ4n) is 2.55. The van der Waals surface area contributed by atoms with E-state index < -0.39 is 0 Å². The number of amides is 2. The molecule has 0 aliphatic carbocycles. The van der Waals surface area contributed by atoms with Crippen molar-refractivity contribution in [3.05, 3.63) is 24.3 Å². The standard InChI is InChI=1S/C17H22N2O3/c1-3-11-22-16-8-6-15(7-9-16)18-17(21)19-10-4-5-14(12-19)13(2)20/h1,6-9,13-14,20H,4-5,10-12H2,2H3,(H,18,21). The van der Waals surface area contributed by atoms with Gasteiger partial charge in [-0.15, -0.1) is 6.42 Å². The van der Waals surface area contributed by atoms with Crippen LogP contribution < -0.4 is 10.1 Å². The predicted molar refractivity (Wildman–Crippen MR) is 85.8 cm³/mol. The van der Waals surface area contributed by atoms with E-state index in [0.717, 1.165) is 19.4 Å². The molecule has 0 radical (unpaired) electrons. The fourth-order valence-corrected chi connectivity index (χ4v) is 2.55. The maximum Gasteiger partial charge on any atom is 0.321 e. The molecule has 0 spiro atoms. The van der Waals surface area contributed by atoms with Crippen LogP contribution in [0.5, 0.6) is 5.75 Å². The third-order valence-corrected chi connectivity index (χ3v) is 3.86. The molecule has 5 heteroatoms. The van der Waals surface area contributed by atoms with Crippen molar-refractivity contribution in [2.75, 3.05) is 25.0 Å². The Morgan fingerprint density at radius 1 is 1.55 bits per heavy atom. The van der Waals surface area contributed by atoms with E-state index in [1.54, 1.807) is 36.1 Å². The Kier molecular flexibility index (Phi) is 5.68. The van der Waals surface area contributed by atoms with E-state index in [0.29, 0.717) is 18.0 Å². The highest BCUT2D eigenvalue weighted by Gasteiger charge is 2.26. The van der Waals surface area contributed by atoms with E-state index in [1.807, 2.05) is 0 Å². The molecule has 1 aromatic carbocycles. The number of hydrogen-bond donors (Lipinski definition) is 2. The fraction of sp³-hybridized carbons (Fsp3) is 0.471. The quantitative estimate of drug-likeness (QED) is 0.839. The smallest absolute Gasteiger partial charge is 0.321 e. The molecule has 2 rings (SSSR count). The Balaban J connectivity index is 1.90. The Morgan fingerprint density at radius 3 is 2.91 bits per heavy atom. The van der Waals surface area contributed by atoms with Gasteiger partial charge in [0.1, 0.15) is 12.4 Å². The van der Waals surface area contributed by atoms with Gasteiger partial charge in [-0.05, 0) is 44.0 Å². The minimum Gasteiger partial charge on any atom is -0.481 e. The van der Waals surface area contributed by atoms with Gasteiger partial charge >= 0.3 is 6.03 Å². The average molecular weight is 302 g/mol. The molecule has 118 valence electrons. The number of piperidine rings is 1. The van der Waals surface area contributed by atoms with Gasteiger partial charge in [0.25, 0.3) is 0 Å². The van der Waals surface area contributed by atoms with Crippen LogP contribution in [0.25, 0.3) is 0 Å². The number of benzene rings is 1. The molecular weight excluding hydrogens is 280 g/mol. The number of ether oxygens (including phenoxy) is 1. The molecule has 2 atom stereocenters. The van der Waals surface area contributed by atoms with Crippen LogP contribution in [-0.2, 0) is 0 Å². The number of aliphatic hydroxyl groups excluding tert-OH is 1. The van der Waals surface area contributed by atoms with E-state index in [4.69, 9.17) is 11.2 Å². The largest absolute Gasteiger partial charge is 0.481 e. The third kappa shape index (κ3) is 4.40. The van der Waals surface area contributed by atoms with Crippen LogP contribution in [-0.4, -0.2) is 41.8 Å². The molecule has 0 saturated carbocycles. The number of nitrogens with one attached hydrogen (secondary N) is 1. The summed E-state index contributed by atoms with van der Waals surface area (Å²) in [5.41, 5.74) is 0.706. The SMILES string of the molecule is C#CCOc1ccc(NC(=O)N2CCCC(C(C)O)C2)cc1. The zero-order chi connectivity index (χ0) is 15.9. The first kappa shape index (κ1) is 16.2.